The lowest BCUT2D eigenvalue weighted by Crippen LogP contribution is -2.13. The van der Waals surface area contributed by atoms with Gasteiger partial charge in [0.05, 0.1) is 12.4 Å². The van der Waals surface area contributed by atoms with Crippen LogP contribution in [0.1, 0.15) is 11.1 Å². The summed E-state index contributed by atoms with van der Waals surface area (Å²) in [5.41, 5.74) is 4.03. The Balaban J connectivity index is 1.67. The summed E-state index contributed by atoms with van der Waals surface area (Å²) in [4.78, 5) is 14.7. The fraction of sp³-hybridized carbons (Fsp3) is 0.0588. The second kappa shape index (κ2) is 7.68. The van der Waals surface area contributed by atoms with Crippen molar-refractivity contribution in [2.45, 2.75) is 6.61 Å². The van der Waals surface area contributed by atoms with Crippen LogP contribution < -0.4 is 15.9 Å². The predicted octanol–water partition coefficient (Wildman–Crippen LogP) is 2.19. The maximum Gasteiger partial charge on any atom is 0.363 e. The molecule has 0 amide bonds. The van der Waals surface area contributed by atoms with Gasteiger partial charge in [0.2, 0.25) is 0 Å². The first-order valence-electron chi connectivity index (χ1n) is 7.28. The Bertz CT molecular complexity index is 877. The molecule has 0 radical (unpaired) electrons. The zero-order valence-corrected chi connectivity index (χ0v) is 12.7. The van der Waals surface area contributed by atoms with E-state index in [1.165, 1.54) is 6.20 Å². The number of aromatic amines is 1. The molecule has 0 spiro atoms. The Morgan fingerprint density at radius 2 is 1.92 bits per heavy atom. The Hall–Kier alpha value is -3.48. The number of ether oxygens (including phenoxy) is 1. The molecular formula is C17H15N5O2. The monoisotopic (exact) mass is 321 g/mol. The smallest absolute Gasteiger partial charge is 0.363 e. The lowest BCUT2D eigenvalue weighted by molar-refractivity contribution is 0.306. The second-order valence-electron chi connectivity index (χ2n) is 4.84. The van der Waals surface area contributed by atoms with Crippen molar-refractivity contribution in [1.82, 2.24) is 15.2 Å². The molecule has 2 N–H and O–H groups in total. The molecule has 0 aliphatic carbocycles. The summed E-state index contributed by atoms with van der Waals surface area (Å²) < 4.78 is 5.76. The van der Waals surface area contributed by atoms with Crippen LogP contribution >= 0.6 is 0 Å². The number of anilines is 1. The number of nitrogens with zero attached hydrogens (tertiary/aromatic N) is 3. The molecule has 0 atom stereocenters. The van der Waals surface area contributed by atoms with Crippen molar-refractivity contribution in [2.24, 2.45) is 5.10 Å². The van der Waals surface area contributed by atoms with Gasteiger partial charge in [-0.25, -0.2) is 9.89 Å². The summed E-state index contributed by atoms with van der Waals surface area (Å²) in [6.07, 6.45) is 3.02. The Kier molecular flexibility index (Phi) is 4.94. The van der Waals surface area contributed by atoms with Gasteiger partial charge in [0.1, 0.15) is 12.4 Å². The van der Waals surface area contributed by atoms with Crippen LogP contribution in [0.4, 0.5) is 5.82 Å². The Morgan fingerprint density at radius 1 is 1.12 bits per heavy atom. The molecule has 120 valence electrons. The topological polar surface area (TPSA) is 92.3 Å². The number of para-hydroxylation sites is 1. The van der Waals surface area contributed by atoms with Crippen molar-refractivity contribution >= 4 is 12.0 Å². The number of nitrogens with one attached hydrogen (secondary N) is 2. The van der Waals surface area contributed by atoms with Crippen LogP contribution in [0.15, 0.2) is 70.7 Å². The van der Waals surface area contributed by atoms with Gasteiger partial charge >= 0.3 is 5.69 Å². The maximum absolute atomic E-state index is 11.1. The van der Waals surface area contributed by atoms with E-state index in [1.807, 2.05) is 54.6 Å². The zero-order valence-electron chi connectivity index (χ0n) is 12.7. The van der Waals surface area contributed by atoms with Crippen molar-refractivity contribution < 1.29 is 4.74 Å². The molecule has 0 aliphatic heterocycles. The van der Waals surface area contributed by atoms with Gasteiger partial charge in [-0.15, -0.1) is 0 Å². The van der Waals surface area contributed by atoms with Gasteiger partial charge in [0.25, 0.3) is 0 Å². The van der Waals surface area contributed by atoms with Crippen molar-refractivity contribution in [3.05, 3.63) is 82.4 Å². The molecule has 24 heavy (non-hydrogen) atoms. The van der Waals surface area contributed by atoms with E-state index in [0.717, 1.165) is 16.9 Å². The summed E-state index contributed by atoms with van der Waals surface area (Å²) in [6.45, 7) is 0.428. The first kappa shape index (κ1) is 15.4. The molecule has 3 aromatic rings. The molecule has 3 rings (SSSR count). The first-order valence-corrected chi connectivity index (χ1v) is 7.28. The van der Waals surface area contributed by atoms with Crippen molar-refractivity contribution in [3.63, 3.8) is 0 Å². The second-order valence-corrected chi connectivity index (χ2v) is 4.84. The number of hydrazone groups is 1. The summed E-state index contributed by atoms with van der Waals surface area (Å²) in [7, 11) is 0. The van der Waals surface area contributed by atoms with Gasteiger partial charge in [-0.2, -0.15) is 15.2 Å². The highest BCUT2D eigenvalue weighted by Gasteiger charge is 2.01. The number of rotatable bonds is 6. The molecule has 1 heterocycles. The van der Waals surface area contributed by atoms with E-state index in [9.17, 15) is 4.79 Å². The molecular weight excluding hydrogens is 306 g/mol. The van der Waals surface area contributed by atoms with Gasteiger partial charge in [-0.05, 0) is 17.7 Å². The number of aromatic nitrogens is 3. The number of benzene rings is 2. The third kappa shape index (κ3) is 4.26. The molecule has 1 aromatic heterocycles. The minimum absolute atomic E-state index is 0.271. The van der Waals surface area contributed by atoms with E-state index in [0.29, 0.717) is 6.61 Å². The van der Waals surface area contributed by atoms with E-state index in [1.54, 1.807) is 6.21 Å². The minimum Gasteiger partial charge on any atom is -0.489 e. The van der Waals surface area contributed by atoms with E-state index in [2.05, 4.69) is 25.7 Å². The van der Waals surface area contributed by atoms with Gasteiger partial charge in [-0.1, -0.05) is 42.5 Å². The van der Waals surface area contributed by atoms with Crippen LogP contribution in [0.3, 0.4) is 0 Å². The molecule has 0 aliphatic rings. The normalized spacial score (nSPS) is 10.7. The number of H-pyrrole nitrogens is 1. The zero-order chi connectivity index (χ0) is 16.6. The predicted molar refractivity (Wildman–Crippen MR) is 91.1 cm³/mol. The highest BCUT2D eigenvalue weighted by molar-refractivity contribution is 5.82. The molecule has 7 heteroatoms. The number of hydrogen-bond donors (Lipinski definition) is 2. The van der Waals surface area contributed by atoms with Gasteiger partial charge < -0.3 is 4.74 Å². The van der Waals surface area contributed by atoms with E-state index < -0.39 is 5.69 Å². The average Bonchev–Trinajstić information content (AvgIpc) is 2.62. The molecule has 0 saturated carbocycles. The standard InChI is InChI=1S/C17H15N5O2/c23-17-20-16(11-19-22-17)21-18-10-13-6-4-5-7-14(13)12-24-15-8-2-1-3-9-15/h1-11H,12H2,(H2,20,21,22,23)/b18-10+. The van der Waals surface area contributed by atoms with Gasteiger partial charge in [-0.3, -0.25) is 5.43 Å². The quantitative estimate of drug-likeness (QED) is 0.536. The van der Waals surface area contributed by atoms with Crippen LogP contribution in [0.5, 0.6) is 5.75 Å². The van der Waals surface area contributed by atoms with Crippen LogP contribution in [-0.2, 0) is 6.61 Å². The Morgan fingerprint density at radius 3 is 2.75 bits per heavy atom. The van der Waals surface area contributed by atoms with Gasteiger partial charge in [0.15, 0.2) is 5.82 Å². The summed E-state index contributed by atoms with van der Waals surface area (Å²) in [6, 6.07) is 17.4. The molecule has 0 fully saturated rings. The molecule has 0 bridgehead atoms. The van der Waals surface area contributed by atoms with Crippen molar-refractivity contribution in [3.8, 4) is 5.75 Å². The van der Waals surface area contributed by atoms with Crippen LogP contribution in [-0.4, -0.2) is 21.4 Å². The molecule has 0 saturated heterocycles. The lowest BCUT2D eigenvalue weighted by atomic mass is 10.1. The van der Waals surface area contributed by atoms with Crippen molar-refractivity contribution in [1.29, 1.82) is 0 Å². The highest BCUT2D eigenvalue weighted by Crippen LogP contribution is 2.13. The lowest BCUT2D eigenvalue weighted by Gasteiger charge is -2.08. The number of hydrogen-bond acceptors (Lipinski definition) is 6. The third-order valence-electron chi connectivity index (χ3n) is 3.14. The van der Waals surface area contributed by atoms with E-state index in [-0.39, 0.29) is 5.82 Å². The highest BCUT2D eigenvalue weighted by atomic mass is 16.5. The van der Waals surface area contributed by atoms with Gasteiger partial charge in [0, 0.05) is 5.56 Å². The first-order chi connectivity index (χ1) is 11.8. The fourth-order valence-electron chi connectivity index (χ4n) is 2.00. The summed E-state index contributed by atoms with van der Waals surface area (Å²) >= 11 is 0. The SMILES string of the molecule is O=c1nc(N/N=C/c2ccccc2COc2ccccc2)cn[nH]1. The third-order valence-corrected chi connectivity index (χ3v) is 3.14. The van der Waals surface area contributed by atoms with Crippen molar-refractivity contribution in [2.75, 3.05) is 5.43 Å². The average molecular weight is 321 g/mol. The largest absolute Gasteiger partial charge is 0.489 e. The molecule has 7 nitrogen and oxygen atoms in total. The summed E-state index contributed by atoms with van der Waals surface area (Å²) in [5, 5.41) is 9.91. The fourth-order valence-corrected chi connectivity index (χ4v) is 2.00. The Labute approximate surface area is 138 Å². The van der Waals surface area contributed by atoms with Crippen LogP contribution in [0, 0.1) is 0 Å². The van der Waals surface area contributed by atoms with Crippen LogP contribution in [0.25, 0.3) is 0 Å². The summed E-state index contributed by atoms with van der Waals surface area (Å²) in [5.74, 6) is 1.08. The minimum atomic E-state index is -0.535. The maximum atomic E-state index is 11.1. The van der Waals surface area contributed by atoms with Crippen LogP contribution in [0.2, 0.25) is 0 Å². The van der Waals surface area contributed by atoms with E-state index in [4.69, 9.17) is 4.74 Å². The van der Waals surface area contributed by atoms with E-state index >= 15 is 0 Å². The molecule has 2 aromatic carbocycles. The molecule has 0 unspecified atom stereocenters.